The molecule has 18 heavy (non-hydrogen) atoms. The topological polar surface area (TPSA) is 30.7 Å². The van der Waals surface area contributed by atoms with Gasteiger partial charge in [-0.3, -0.25) is 0 Å². The van der Waals surface area contributed by atoms with Crippen molar-refractivity contribution < 1.29 is 0 Å². The van der Waals surface area contributed by atoms with E-state index in [0.717, 1.165) is 11.4 Å². The lowest BCUT2D eigenvalue weighted by Gasteiger charge is -2.22. The summed E-state index contributed by atoms with van der Waals surface area (Å²) in [5.74, 6) is 0. The Labute approximate surface area is 113 Å². The third-order valence-electron chi connectivity index (χ3n) is 2.88. The molecule has 0 aliphatic heterocycles. The molecule has 0 aliphatic carbocycles. The SMILES string of the molecule is CC(Cl)c1cn(-c2ccccc2C(C)(C)C)nn1. The molecule has 96 valence electrons. The van der Waals surface area contributed by atoms with Crippen LogP contribution in [0.4, 0.5) is 0 Å². The van der Waals surface area contributed by atoms with Gasteiger partial charge in [0.15, 0.2) is 0 Å². The first kappa shape index (κ1) is 13.1. The first-order chi connectivity index (χ1) is 8.39. The van der Waals surface area contributed by atoms with Crippen LogP contribution in [-0.4, -0.2) is 15.0 Å². The number of hydrogen-bond donors (Lipinski definition) is 0. The summed E-state index contributed by atoms with van der Waals surface area (Å²) in [7, 11) is 0. The van der Waals surface area contributed by atoms with Crippen LogP contribution in [0.1, 0.15) is 44.3 Å². The Bertz CT molecular complexity index is 538. The molecule has 0 fully saturated rings. The molecule has 0 amide bonds. The van der Waals surface area contributed by atoms with Crippen LogP contribution in [-0.2, 0) is 5.41 Å². The molecule has 0 spiro atoms. The third-order valence-corrected chi connectivity index (χ3v) is 3.10. The van der Waals surface area contributed by atoms with Crippen molar-refractivity contribution in [2.45, 2.75) is 38.5 Å². The second kappa shape index (κ2) is 4.73. The number of nitrogens with zero attached hydrogens (tertiary/aromatic N) is 3. The molecule has 1 aromatic heterocycles. The minimum Gasteiger partial charge on any atom is -0.220 e. The fourth-order valence-electron chi connectivity index (χ4n) is 1.88. The molecular formula is C14H18ClN3. The first-order valence-corrected chi connectivity index (χ1v) is 6.49. The molecule has 3 nitrogen and oxygen atoms in total. The number of halogens is 1. The minimum absolute atomic E-state index is 0.0648. The third kappa shape index (κ3) is 2.56. The molecule has 2 rings (SSSR count). The van der Waals surface area contributed by atoms with E-state index < -0.39 is 0 Å². The van der Waals surface area contributed by atoms with Gasteiger partial charge in [0.2, 0.25) is 0 Å². The average molecular weight is 264 g/mol. The van der Waals surface area contributed by atoms with Gasteiger partial charge in [-0.1, -0.05) is 44.2 Å². The van der Waals surface area contributed by atoms with E-state index in [1.807, 2.05) is 25.3 Å². The highest BCUT2D eigenvalue weighted by molar-refractivity contribution is 6.20. The molecular weight excluding hydrogens is 246 g/mol. The summed E-state index contributed by atoms with van der Waals surface area (Å²) in [4.78, 5) is 0. The molecule has 2 aromatic rings. The van der Waals surface area contributed by atoms with Crippen LogP contribution in [0.5, 0.6) is 0 Å². The highest BCUT2D eigenvalue weighted by Gasteiger charge is 2.19. The van der Waals surface area contributed by atoms with Gasteiger partial charge in [-0.05, 0) is 24.0 Å². The quantitative estimate of drug-likeness (QED) is 0.770. The maximum atomic E-state index is 6.02. The smallest absolute Gasteiger partial charge is 0.101 e. The van der Waals surface area contributed by atoms with Gasteiger partial charge in [0, 0.05) is 0 Å². The van der Waals surface area contributed by atoms with E-state index in [0.29, 0.717) is 0 Å². The Morgan fingerprint density at radius 3 is 2.44 bits per heavy atom. The Morgan fingerprint density at radius 1 is 1.22 bits per heavy atom. The van der Waals surface area contributed by atoms with Gasteiger partial charge >= 0.3 is 0 Å². The Balaban J connectivity index is 2.50. The molecule has 0 radical (unpaired) electrons. The van der Waals surface area contributed by atoms with Crippen molar-refractivity contribution in [1.82, 2.24) is 15.0 Å². The van der Waals surface area contributed by atoms with Crippen LogP contribution >= 0.6 is 11.6 Å². The summed E-state index contributed by atoms with van der Waals surface area (Å²) < 4.78 is 1.80. The molecule has 1 heterocycles. The van der Waals surface area contributed by atoms with Crippen LogP contribution in [0.25, 0.3) is 5.69 Å². The van der Waals surface area contributed by atoms with Crippen LogP contribution in [0.3, 0.4) is 0 Å². The normalized spacial score (nSPS) is 13.6. The number of rotatable bonds is 2. The van der Waals surface area contributed by atoms with E-state index in [4.69, 9.17) is 11.6 Å². The molecule has 0 aliphatic rings. The van der Waals surface area contributed by atoms with E-state index in [9.17, 15) is 0 Å². The molecule has 1 atom stereocenters. The summed E-state index contributed by atoms with van der Waals surface area (Å²) >= 11 is 6.02. The zero-order chi connectivity index (χ0) is 13.3. The summed E-state index contributed by atoms with van der Waals surface area (Å²) in [5.41, 5.74) is 3.15. The lowest BCUT2D eigenvalue weighted by atomic mass is 9.86. The second-order valence-electron chi connectivity index (χ2n) is 5.47. The predicted molar refractivity (Wildman–Crippen MR) is 74.3 cm³/mol. The van der Waals surface area contributed by atoms with Gasteiger partial charge in [-0.15, -0.1) is 16.7 Å². The number of alkyl halides is 1. The van der Waals surface area contributed by atoms with E-state index >= 15 is 0 Å². The zero-order valence-electron chi connectivity index (χ0n) is 11.2. The van der Waals surface area contributed by atoms with E-state index in [1.165, 1.54) is 5.56 Å². The van der Waals surface area contributed by atoms with Gasteiger partial charge in [0.1, 0.15) is 5.69 Å². The number of para-hydroxylation sites is 1. The highest BCUT2D eigenvalue weighted by Crippen LogP contribution is 2.28. The van der Waals surface area contributed by atoms with E-state index in [-0.39, 0.29) is 10.8 Å². The zero-order valence-corrected chi connectivity index (χ0v) is 11.9. The number of hydrogen-bond acceptors (Lipinski definition) is 2. The second-order valence-corrected chi connectivity index (χ2v) is 6.13. The van der Waals surface area contributed by atoms with Gasteiger partial charge in [0.25, 0.3) is 0 Å². The van der Waals surface area contributed by atoms with Crippen molar-refractivity contribution in [3.63, 3.8) is 0 Å². The van der Waals surface area contributed by atoms with Crippen molar-refractivity contribution in [3.05, 3.63) is 41.7 Å². The fourth-order valence-corrected chi connectivity index (χ4v) is 1.98. The predicted octanol–water partition coefficient (Wildman–Crippen LogP) is 3.86. The van der Waals surface area contributed by atoms with Gasteiger partial charge < -0.3 is 0 Å². The number of benzene rings is 1. The van der Waals surface area contributed by atoms with Crippen LogP contribution < -0.4 is 0 Å². The van der Waals surface area contributed by atoms with Crippen molar-refractivity contribution in [2.75, 3.05) is 0 Å². The Kier molecular flexibility index (Phi) is 3.44. The largest absolute Gasteiger partial charge is 0.220 e. The highest BCUT2D eigenvalue weighted by atomic mass is 35.5. The standard InChI is InChI=1S/C14H18ClN3/c1-10(15)12-9-18(17-16-12)13-8-6-5-7-11(13)14(2,3)4/h5-10H,1-4H3. The van der Waals surface area contributed by atoms with E-state index in [2.05, 4.69) is 43.2 Å². The Hall–Kier alpha value is -1.35. The molecule has 4 heteroatoms. The molecule has 0 bridgehead atoms. The maximum absolute atomic E-state index is 6.02. The molecule has 1 unspecified atom stereocenters. The van der Waals surface area contributed by atoms with Crippen molar-refractivity contribution in [3.8, 4) is 5.69 Å². The lowest BCUT2D eigenvalue weighted by molar-refractivity contribution is 0.582. The maximum Gasteiger partial charge on any atom is 0.101 e. The summed E-state index contributed by atoms with van der Waals surface area (Å²) in [6, 6.07) is 8.24. The van der Waals surface area contributed by atoms with Crippen molar-refractivity contribution >= 4 is 11.6 Å². The van der Waals surface area contributed by atoms with Crippen molar-refractivity contribution in [2.24, 2.45) is 0 Å². The molecule has 0 N–H and O–H groups in total. The average Bonchev–Trinajstić information content (AvgIpc) is 2.77. The molecule has 0 saturated carbocycles. The van der Waals surface area contributed by atoms with Crippen LogP contribution in [0, 0.1) is 0 Å². The summed E-state index contributed by atoms with van der Waals surface area (Å²) in [6.45, 7) is 8.46. The lowest BCUT2D eigenvalue weighted by Crippen LogP contribution is -2.15. The first-order valence-electron chi connectivity index (χ1n) is 6.06. The van der Waals surface area contributed by atoms with Crippen LogP contribution in [0.15, 0.2) is 30.5 Å². The van der Waals surface area contributed by atoms with Gasteiger partial charge in [-0.2, -0.15) is 0 Å². The molecule has 0 saturated heterocycles. The van der Waals surface area contributed by atoms with Gasteiger partial charge in [0.05, 0.1) is 17.3 Å². The van der Waals surface area contributed by atoms with E-state index in [1.54, 1.807) is 4.68 Å². The van der Waals surface area contributed by atoms with Crippen molar-refractivity contribution in [1.29, 1.82) is 0 Å². The minimum atomic E-state index is -0.124. The summed E-state index contributed by atoms with van der Waals surface area (Å²) in [5, 5.41) is 8.14. The van der Waals surface area contributed by atoms with Crippen LogP contribution in [0.2, 0.25) is 0 Å². The fraction of sp³-hybridized carbons (Fsp3) is 0.429. The Morgan fingerprint density at radius 2 is 1.89 bits per heavy atom. The molecule has 1 aromatic carbocycles. The van der Waals surface area contributed by atoms with Gasteiger partial charge in [-0.25, -0.2) is 4.68 Å². The number of aromatic nitrogens is 3. The monoisotopic (exact) mass is 263 g/mol. The summed E-state index contributed by atoms with van der Waals surface area (Å²) in [6.07, 6.45) is 1.89.